The predicted octanol–water partition coefficient (Wildman–Crippen LogP) is 4.58. The molecule has 0 atom stereocenters. The smallest absolute Gasteiger partial charge is 0.335 e. The van der Waals surface area contributed by atoms with Crippen molar-refractivity contribution in [1.82, 2.24) is 5.32 Å². The number of carboxylic acids is 1. The van der Waals surface area contributed by atoms with Gasteiger partial charge in [-0.3, -0.25) is 0 Å². The van der Waals surface area contributed by atoms with E-state index in [1.165, 1.54) is 10.9 Å². The first kappa shape index (κ1) is 17.3. The molecule has 0 bridgehead atoms. The number of nitrogens with one attached hydrogen (secondary N) is 1. The second-order valence-corrected chi connectivity index (χ2v) is 6.74. The third-order valence-corrected chi connectivity index (χ3v) is 4.83. The number of thiophene rings is 1. The molecule has 1 aromatic heterocycles. The normalized spacial score (nSPS) is 10.8. The summed E-state index contributed by atoms with van der Waals surface area (Å²) in [7, 11) is 0. The van der Waals surface area contributed by atoms with Gasteiger partial charge in [-0.1, -0.05) is 24.3 Å². The molecule has 25 heavy (non-hydrogen) atoms. The van der Waals surface area contributed by atoms with Crippen LogP contribution in [0.1, 0.15) is 20.8 Å². The number of carbonyl (C=O) groups is 1. The summed E-state index contributed by atoms with van der Waals surface area (Å²) >= 11 is 1.66. The van der Waals surface area contributed by atoms with E-state index in [0.717, 1.165) is 36.2 Å². The minimum absolute atomic E-state index is 0.200. The van der Waals surface area contributed by atoms with E-state index in [1.807, 2.05) is 18.2 Å². The molecule has 0 saturated carbocycles. The highest BCUT2D eigenvalue weighted by Crippen LogP contribution is 2.26. The lowest BCUT2D eigenvalue weighted by atomic mass is 10.1. The monoisotopic (exact) mass is 355 g/mol. The predicted molar refractivity (Wildman–Crippen MR) is 98.5 cm³/mol. The summed E-state index contributed by atoms with van der Waals surface area (Å²) in [5, 5.41) is 14.4. The summed E-state index contributed by atoms with van der Waals surface area (Å²) < 4.78 is 13.1. The molecule has 3 nitrogen and oxygen atoms in total. The molecule has 0 aliphatic heterocycles. The van der Waals surface area contributed by atoms with Crippen LogP contribution in [0, 0.1) is 5.82 Å². The second kappa shape index (κ2) is 8.05. The standard InChI is InChI=1S/C20H18FNO2S/c21-18-3-1-2-14(10-18)8-9-22-12-19-11-17(13-25-19)15-4-6-16(7-5-15)20(23)24/h1-7,10-11,13,22H,8-9,12H2,(H,23,24). The lowest BCUT2D eigenvalue weighted by Crippen LogP contribution is -2.15. The molecule has 0 spiro atoms. The number of hydrogen-bond acceptors (Lipinski definition) is 3. The van der Waals surface area contributed by atoms with Crippen molar-refractivity contribution in [2.45, 2.75) is 13.0 Å². The van der Waals surface area contributed by atoms with Crippen LogP contribution in [-0.2, 0) is 13.0 Å². The van der Waals surface area contributed by atoms with Gasteiger partial charge in [0.25, 0.3) is 0 Å². The van der Waals surface area contributed by atoms with Gasteiger partial charge in [-0.25, -0.2) is 9.18 Å². The summed E-state index contributed by atoms with van der Waals surface area (Å²) in [6, 6.07) is 15.7. The zero-order valence-electron chi connectivity index (χ0n) is 13.5. The molecule has 128 valence electrons. The minimum atomic E-state index is -0.917. The van der Waals surface area contributed by atoms with Gasteiger partial charge in [-0.15, -0.1) is 11.3 Å². The Labute approximate surface area is 149 Å². The van der Waals surface area contributed by atoms with Crippen LogP contribution in [0.3, 0.4) is 0 Å². The van der Waals surface area contributed by atoms with Crippen molar-refractivity contribution >= 4 is 17.3 Å². The molecule has 2 aromatic carbocycles. The third kappa shape index (κ3) is 4.75. The van der Waals surface area contributed by atoms with Crippen molar-refractivity contribution in [2.75, 3.05) is 6.54 Å². The van der Waals surface area contributed by atoms with E-state index < -0.39 is 5.97 Å². The van der Waals surface area contributed by atoms with Gasteiger partial charge in [0.15, 0.2) is 0 Å². The number of rotatable bonds is 7. The first-order valence-corrected chi connectivity index (χ1v) is 8.86. The average molecular weight is 355 g/mol. The summed E-state index contributed by atoms with van der Waals surface area (Å²) in [4.78, 5) is 12.1. The van der Waals surface area contributed by atoms with Crippen molar-refractivity contribution in [3.05, 3.63) is 81.8 Å². The highest BCUT2D eigenvalue weighted by Gasteiger charge is 2.05. The molecule has 0 saturated heterocycles. The topological polar surface area (TPSA) is 49.3 Å². The fourth-order valence-electron chi connectivity index (χ4n) is 2.57. The number of benzene rings is 2. The van der Waals surface area contributed by atoms with Crippen LogP contribution in [0.25, 0.3) is 11.1 Å². The molecule has 2 N–H and O–H groups in total. The largest absolute Gasteiger partial charge is 0.478 e. The van der Waals surface area contributed by atoms with Crippen LogP contribution >= 0.6 is 11.3 Å². The van der Waals surface area contributed by atoms with Crippen LogP contribution in [0.2, 0.25) is 0 Å². The molecular weight excluding hydrogens is 337 g/mol. The first-order chi connectivity index (χ1) is 12.1. The van der Waals surface area contributed by atoms with Gasteiger partial charge in [0.1, 0.15) is 5.82 Å². The van der Waals surface area contributed by atoms with E-state index >= 15 is 0 Å². The molecule has 5 heteroatoms. The molecule has 3 rings (SSSR count). The Morgan fingerprint density at radius 2 is 1.88 bits per heavy atom. The zero-order chi connectivity index (χ0) is 17.6. The number of hydrogen-bond donors (Lipinski definition) is 2. The maximum Gasteiger partial charge on any atom is 0.335 e. The summed E-state index contributed by atoms with van der Waals surface area (Å²) in [5.41, 5.74) is 3.37. The first-order valence-electron chi connectivity index (χ1n) is 7.98. The second-order valence-electron chi connectivity index (χ2n) is 5.74. The lowest BCUT2D eigenvalue weighted by molar-refractivity contribution is 0.0697. The van der Waals surface area contributed by atoms with Gasteiger partial charge < -0.3 is 10.4 Å². The van der Waals surface area contributed by atoms with E-state index in [1.54, 1.807) is 35.6 Å². The molecule has 0 fully saturated rings. The molecule has 0 amide bonds. The highest BCUT2D eigenvalue weighted by atomic mass is 32.1. The van der Waals surface area contributed by atoms with Crippen molar-refractivity contribution < 1.29 is 14.3 Å². The fourth-order valence-corrected chi connectivity index (χ4v) is 3.43. The lowest BCUT2D eigenvalue weighted by Gasteiger charge is -2.03. The van der Waals surface area contributed by atoms with Gasteiger partial charge in [0.05, 0.1) is 5.56 Å². The van der Waals surface area contributed by atoms with Gasteiger partial charge in [-0.05, 0) is 65.4 Å². The Balaban J connectivity index is 1.52. The quantitative estimate of drug-likeness (QED) is 0.610. The fraction of sp³-hybridized carbons (Fsp3) is 0.150. The van der Waals surface area contributed by atoms with E-state index in [2.05, 4.69) is 16.8 Å². The molecule has 3 aromatic rings. The Hall–Kier alpha value is -2.50. The Morgan fingerprint density at radius 3 is 2.60 bits per heavy atom. The van der Waals surface area contributed by atoms with E-state index in [0.29, 0.717) is 5.56 Å². The molecular formula is C20H18FNO2S. The van der Waals surface area contributed by atoms with Crippen LogP contribution < -0.4 is 5.32 Å². The van der Waals surface area contributed by atoms with Crippen molar-refractivity contribution in [1.29, 1.82) is 0 Å². The Bertz CT molecular complexity index is 858. The summed E-state index contributed by atoms with van der Waals surface area (Å²) in [6.07, 6.45) is 0.784. The molecule has 0 aliphatic rings. The van der Waals surface area contributed by atoms with Gasteiger partial charge in [-0.2, -0.15) is 0 Å². The van der Waals surface area contributed by atoms with Crippen molar-refractivity contribution in [3.63, 3.8) is 0 Å². The van der Waals surface area contributed by atoms with Gasteiger partial charge >= 0.3 is 5.97 Å². The van der Waals surface area contributed by atoms with E-state index in [-0.39, 0.29) is 5.82 Å². The van der Waals surface area contributed by atoms with Crippen LogP contribution in [0.15, 0.2) is 60.0 Å². The minimum Gasteiger partial charge on any atom is -0.478 e. The Kier molecular flexibility index (Phi) is 5.58. The van der Waals surface area contributed by atoms with E-state index in [4.69, 9.17) is 5.11 Å². The molecule has 0 aliphatic carbocycles. The summed E-state index contributed by atoms with van der Waals surface area (Å²) in [6.45, 7) is 1.54. The highest BCUT2D eigenvalue weighted by molar-refractivity contribution is 7.10. The van der Waals surface area contributed by atoms with Crippen LogP contribution in [0.5, 0.6) is 0 Å². The van der Waals surface area contributed by atoms with Crippen molar-refractivity contribution in [3.8, 4) is 11.1 Å². The molecule has 0 unspecified atom stereocenters. The van der Waals surface area contributed by atoms with Gasteiger partial charge in [0, 0.05) is 11.4 Å². The maximum absolute atomic E-state index is 13.1. The maximum atomic E-state index is 13.1. The van der Waals surface area contributed by atoms with E-state index in [9.17, 15) is 9.18 Å². The number of carboxylic acid groups (broad SMARTS) is 1. The Morgan fingerprint density at radius 1 is 1.08 bits per heavy atom. The van der Waals surface area contributed by atoms with Crippen LogP contribution in [-0.4, -0.2) is 17.6 Å². The van der Waals surface area contributed by atoms with Crippen LogP contribution in [0.4, 0.5) is 4.39 Å². The third-order valence-electron chi connectivity index (χ3n) is 3.90. The number of halogens is 1. The zero-order valence-corrected chi connectivity index (χ0v) is 14.4. The number of aromatic carboxylic acids is 1. The van der Waals surface area contributed by atoms with Crippen molar-refractivity contribution in [2.24, 2.45) is 0 Å². The average Bonchev–Trinajstić information content (AvgIpc) is 3.08. The molecule has 0 radical (unpaired) electrons. The molecule has 1 heterocycles. The SMILES string of the molecule is O=C(O)c1ccc(-c2csc(CNCCc3cccc(F)c3)c2)cc1. The van der Waals surface area contributed by atoms with Gasteiger partial charge in [0.2, 0.25) is 0 Å². The summed E-state index contributed by atoms with van der Waals surface area (Å²) in [5.74, 6) is -1.12.